The quantitative estimate of drug-likeness (QED) is 0.693. The van der Waals surface area contributed by atoms with Crippen LogP contribution in [-0.4, -0.2) is 21.1 Å². The van der Waals surface area contributed by atoms with Crippen LogP contribution >= 0.6 is 11.6 Å². The topological polar surface area (TPSA) is 47.8 Å². The number of pyridine rings is 1. The normalized spacial score (nSPS) is 10.5. The highest BCUT2D eigenvalue weighted by Crippen LogP contribution is 2.20. The Bertz CT molecular complexity index is 768. The molecule has 2 aromatic heterocycles. The zero-order valence-electron chi connectivity index (χ0n) is 11.1. The van der Waals surface area contributed by atoms with E-state index in [4.69, 9.17) is 11.6 Å². The van der Waals surface area contributed by atoms with E-state index in [0.29, 0.717) is 28.5 Å². The molecule has 0 atom stereocenters. The minimum atomic E-state index is 0.507. The van der Waals surface area contributed by atoms with E-state index in [1.165, 1.54) is 0 Å². The first-order valence-electron chi connectivity index (χ1n) is 6.45. The molecule has 0 N–H and O–H groups in total. The molecule has 0 radical (unpaired) electrons. The molecule has 0 saturated heterocycles. The third-order valence-corrected chi connectivity index (χ3v) is 3.48. The first kappa shape index (κ1) is 13.5. The molecule has 1 aromatic carbocycles. The summed E-state index contributed by atoms with van der Waals surface area (Å²) in [7, 11) is 0. The van der Waals surface area contributed by atoms with Gasteiger partial charge in [-0.3, -0.25) is 14.5 Å². The summed E-state index contributed by atoms with van der Waals surface area (Å²) in [6.45, 7) is 0.507. The third-order valence-electron chi connectivity index (χ3n) is 3.11. The zero-order valence-corrected chi connectivity index (χ0v) is 11.9. The van der Waals surface area contributed by atoms with Crippen molar-refractivity contribution >= 4 is 17.9 Å². The van der Waals surface area contributed by atoms with Crippen LogP contribution in [0.3, 0.4) is 0 Å². The van der Waals surface area contributed by atoms with E-state index in [1.54, 1.807) is 17.1 Å². The van der Waals surface area contributed by atoms with Crippen molar-refractivity contribution in [1.82, 2.24) is 14.8 Å². The highest BCUT2D eigenvalue weighted by Gasteiger charge is 2.12. The summed E-state index contributed by atoms with van der Waals surface area (Å²) in [5.41, 5.74) is 2.72. The number of carbonyl (C=O) groups is 1. The van der Waals surface area contributed by atoms with Crippen molar-refractivity contribution in [2.45, 2.75) is 6.54 Å². The molecule has 0 spiro atoms. The van der Waals surface area contributed by atoms with Gasteiger partial charge < -0.3 is 0 Å². The summed E-state index contributed by atoms with van der Waals surface area (Å²) in [5, 5.41) is 5.13. The number of aromatic nitrogens is 3. The van der Waals surface area contributed by atoms with Gasteiger partial charge in [-0.1, -0.05) is 35.9 Å². The molecular weight excluding hydrogens is 286 g/mol. The number of rotatable bonds is 4. The van der Waals surface area contributed by atoms with Gasteiger partial charge in [0.05, 0.1) is 17.8 Å². The maximum Gasteiger partial charge on any atom is 0.153 e. The number of carbonyl (C=O) groups excluding carboxylic acids is 1. The number of nitrogens with zero attached hydrogens (tertiary/aromatic N) is 3. The minimum Gasteiger partial charge on any atom is -0.298 e. The van der Waals surface area contributed by atoms with Crippen molar-refractivity contribution in [2.24, 2.45) is 0 Å². The number of benzene rings is 1. The maximum atomic E-state index is 11.2. The van der Waals surface area contributed by atoms with Gasteiger partial charge in [0.15, 0.2) is 6.29 Å². The fourth-order valence-electron chi connectivity index (χ4n) is 2.11. The molecule has 21 heavy (non-hydrogen) atoms. The largest absolute Gasteiger partial charge is 0.298 e. The average molecular weight is 298 g/mol. The summed E-state index contributed by atoms with van der Waals surface area (Å²) < 4.78 is 1.70. The lowest BCUT2D eigenvalue weighted by Crippen LogP contribution is -2.01. The lowest BCUT2D eigenvalue weighted by molar-refractivity contribution is 0.112. The molecule has 104 valence electrons. The summed E-state index contributed by atoms with van der Waals surface area (Å²) in [5.74, 6) is 0. The molecule has 5 heteroatoms. The molecule has 0 aliphatic rings. The zero-order chi connectivity index (χ0) is 14.7. The Morgan fingerprint density at radius 3 is 2.67 bits per heavy atom. The van der Waals surface area contributed by atoms with Gasteiger partial charge in [0.25, 0.3) is 0 Å². The van der Waals surface area contributed by atoms with E-state index in [1.807, 2.05) is 42.5 Å². The number of hydrogen-bond donors (Lipinski definition) is 0. The Labute approximate surface area is 127 Å². The Hall–Kier alpha value is -2.46. The lowest BCUT2D eigenvalue weighted by atomic mass is 10.2. The van der Waals surface area contributed by atoms with Crippen molar-refractivity contribution < 1.29 is 4.79 Å². The van der Waals surface area contributed by atoms with Crippen LogP contribution in [0.4, 0.5) is 0 Å². The predicted molar refractivity (Wildman–Crippen MR) is 81.4 cm³/mol. The van der Waals surface area contributed by atoms with E-state index >= 15 is 0 Å². The van der Waals surface area contributed by atoms with Crippen LogP contribution in [0.25, 0.3) is 11.4 Å². The van der Waals surface area contributed by atoms with Gasteiger partial charge in [0.1, 0.15) is 5.69 Å². The van der Waals surface area contributed by atoms with Crippen LogP contribution in [0.15, 0.2) is 54.9 Å². The van der Waals surface area contributed by atoms with Crippen LogP contribution in [0.2, 0.25) is 5.02 Å². The van der Waals surface area contributed by atoms with Gasteiger partial charge in [0, 0.05) is 17.4 Å². The molecule has 0 aliphatic carbocycles. The van der Waals surface area contributed by atoms with Gasteiger partial charge in [-0.05, 0) is 23.8 Å². The fraction of sp³-hybridized carbons (Fsp3) is 0.0625. The van der Waals surface area contributed by atoms with Crippen LogP contribution in [0.5, 0.6) is 0 Å². The van der Waals surface area contributed by atoms with Crippen LogP contribution in [0, 0.1) is 0 Å². The number of halogens is 1. The van der Waals surface area contributed by atoms with Gasteiger partial charge >= 0.3 is 0 Å². The van der Waals surface area contributed by atoms with Gasteiger partial charge in [0.2, 0.25) is 0 Å². The van der Waals surface area contributed by atoms with Crippen LogP contribution < -0.4 is 0 Å². The van der Waals surface area contributed by atoms with Gasteiger partial charge in [-0.15, -0.1) is 0 Å². The molecule has 4 nitrogen and oxygen atoms in total. The van der Waals surface area contributed by atoms with E-state index in [0.717, 1.165) is 11.8 Å². The van der Waals surface area contributed by atoms with Crippen LogP contribution in [-0.2, 0) is 6.54 Å². The molecule has 0 saturated carbocycles. The molecule has 0 unspecified atom stereocenters. The Morgan fingerprint density at radius 2 is 1.95 bits per heavy atom. The monoisotopic (exact) mass is 297 g/mol. The van der Waals surface area contributed by atoms with E-state index in [2.05, 4.69) is 10.1 Å². The number of aldehydes is 1. The molecule has 0 amide bonds. The first-order chi connectivity index (χ1) is 10.3. The SMILES string of the molecule is O=Cc1cn(Cc2ccccc2Cl)nc1-c1ccccn1. The lowest BCUT2D eigenvalue weighted by Gasteiger charge is -2.03. The van der Waals surface area contributed by atoms with Crippen molar-refractivity contribution in [3.05, 3.63) is 71.0 Å². The molecule has 0 aliphatic heterocycles. The second-order valence-electron chi connectivity index (χ2n) is 4.55. The van der Waals surface area contributed by atoms with Gasteiger partial charge in [-0.25, -0.2) is 0 Å². The van der Waals surface area contributed by atoms with Crippen molar-refractivity contribution in [2.75, 3.05) is 0 Å². The molecule has 0 fully saturated rings. The van der Waals surface area contributed by atoms with Crippen molar-refractivity contribution in [3.8, 4) is 11.4 Å². The van der Waals surface area contributed by atoms with E-state index in [-0.39, 0.29) is 0 Å². The predicted octanol–water partition coefficient (Wildman–Crippen LogP) is 3.46. The second-order valence-corrected chi connectivity index (χ2v) is 4.96. The Kier molecular flexibility index (Phi) is 3.79. The maximum absolute atomic E-state index is 11.2. The smallest absolute Gasteiger partial charge is 0.153 e. The highest BCUT2D eigenvalue weighted by molar-refractivity contribution is 6.31. The minimum absolute atomic E-state index is 0.507. The Balaban J connectivity index is 1.97. The third kappa shape index (κ3) is 2.85. The summed E-state index contributed by atoms with van der Waals surface area (Å²) in [6.07, 6.45) is 4.18. The first-order valence-corrected chi connectivity index (χ1v) is 6.83. The highest BCUT2D eigenvalue weighted by atomic mass is 35.5. The molecule has 2 heterocycles. The van der Waals surface area contributed by atoms with E-state index < -0.39 is 0 Å². The Morgan fingerprint density at radius 1 is 1.14 bits per heavy atom. The molecule has 0 bridgehead atoms. The summed E-state index contributed by atoms with van der Waals surface area (Å²) in [6, 6.07) is 13.1. The van der Waals surface area contributed by atoms with Crippen molar-refractivity contribution in [3.63, 3.8) is 0 Å². The second kappa shape index (κ2) is 5.89. The average Bonchev–Trinajstić information content (AvgIpc) is 2.93. The van der Waals surface area contributed by atoms with Crippen LogP contribution in [0.1, 0.15) is 15.9 Å². The number of hydrogen-bond acceptors (Lipinski definition) is 3. The summed E-state index contributed by atoms with van der Waals surface area (Å²) in [4.78, 5) is 15.5. The summed E-state index contributed by atoms with van der Waals surface area (Å²) >= 11 is 6.15. The molecule has 3 rings (SSSR count). The molecular formula is C16H12ClN3O. The van der Waals surface area contributed by atoms with Gasteiger partial charge in [-0.2, -0.15) is 5.10 Å². The molecule has 3 aromatic rings. The standard InChI is InChI=1S/C16H12ClN3O/c17-14-6-2-1-5-12(14)9-20-10-13(11-21)16(19-20)15-7-3-4-8-18-15/h1-8,10-11H,9H2. The fourth-order valence-corrected chi connectivity index (χ4v) is 2.30. The van der Waals surface area contributed by atoms with E-state index in [9.17, 15) is 4.79 Å². The van der Waals surface area contributed by atoms with Crippen molar-refractivity contribution in [1.29, 1.82) is 0 Å².